The van der Waals surface area contributed by atoms with E-state index >= 15 is 0 Å². The van der Waals surface area contributed by atoms with Gasteiger partial charge in [0, 0.05) is 42.7 Å². The lowest BCUT2D eigenvalue weighted by Gasteiger charge is -2.40. The maximum Gasteiger partial charge on any atom is 0.223 e. The number of nitrogens with zero attached hydrogens (tertiary/aromatic N) is 2. The van der Waals surface area contributed by atoms with Crippen LogP contribution in [0.3, 0.4) is 0 Å². The number of fused-ring (bicyclic) bond motifs is 1. The number of likely N-dealkylation sites (tertiary alicyclic amines) is 1. The Kier molecular flexibility index (Phi) is 6.03. The number of aromatic nitrogens is 1. The Balaban J connectivity index is 1.60. The summed E-state index contributed by atoms with van der Waals surface area (Å²) in [6.07, 6.45) is 10.3. The van der Waals surface area contributed by atoms with Crippen molar-refractivity contribution in [2.45, 2.75) is 97.1 Å². The fourth-order valence-electron chi connectivity index (χ4n) is 5.57. The van der Waals surface area contributed by atoms with Crippen LogP contribution in [0.25, 0.3) is 10.9 Å². The maximum atomic E-state index is 13.4. The van der Waals surface area contributed by atoms with Gasteiger partial charge < -0.3 is 9.47 Å². The topological polar surface area (TPSA) is 25.2 Å². The second-order valence-corrected chi connectivity index (χ2v) is 9.55. The van der Waals surface area contributed by atoms with Gasteiger partial charge in [-0.2, -0.15) is 0 Å². The first-order chi connectivity index (χ1) is 14.0. The van der Waals surface area contributed by atoms with Crippen LogP contribution < -0.4 is 0 Å². The van der Waals surface area contributed by atoms with Crippen LogP contribution >= 0.6 is 0 Å². The van der Waals surface area contributed by atoms with E-state index in [-0.39, 0.29) is 5.92 Å². The van der Waals surface area contributed by atoms with Gasteiger partial charge in [0.25, 0.3) is 0 Å². The minimum absolute atomic E-state index is 0.261. The minimum Gasteiger partial charge on any atom is -0.347 e. The molecule has 1 saturated carbocycles. The van der Waals surface area contributed by atoms with Crippen LogP contribution in [0.2, 0.25) is 0 Å². The number of aryl methyl sites for hydroxylation is 1. The molecule has 0 bridgehead atoms. The van der Waals surface area contributed by atoms with Gasteiger partial charge >= 0.3 is 0 Å². The van der Waals surface area contributed by atoms with Gasteiger partial charge in [0.1, 0.15) is 0 Å². The summed E-state index contributed by atoms with van der Waals surface area (Å²) in [5, 5.41) is 1.44. The summed E-state index contributed by atoms with van der Waals surface area (Å²) in [5.41, 5.74) is 4.25. The summed E-state index contributed by atoms with van der Waals surface area (Å²) in [4.78, 5) is 15.6. The molecule has 2 aromatic rings. The van der Waals surface area contributed by atoms with E-state index in [1.165, 1.54) is 41.3 Å². The number of amides is 1. The van der Waals surface area contributed by atoms with Gasteiger partial charge in [0.05, 0.1) is 0 Å². The molecule has 1 aliphatic carbocycles. The number of benzene rings is 1. The summed E-state index contributed by atoms with van der Waals surface area (Å²) in [5.74, 6) is 1.98. The molecule has 1 saturated heterocycles. The highest BCUT2D eigenvalue weighted by Gasteiger charge is 2.33. The molecular formula is C26H38N2O. The lowest BCUT2D eigenvalue weighted by Crippen LogP contribution is -2.47. The second kappa shape index (κ2) is 8.53. The summed E-state index contributed by atoms with van der Waals surface area (Å²) in [6, 6.07) is 7.23. The first-order valence-corrected chi connectivity index (χ1v) is 12.0. The molecule has 4 rings (SSSR count). The van der Waals surface area contributed by atoms with Crippen LogP contribution in [0, 0.1) is 5.92 Å². The van der Waals surface area contributed by atoms with Gasteiger partial charge in [-0.1, -0.05) is 39.3 Å². The van der Waals surface area contributed by atoms with E-state index in [1.54, 1.807) is 0 Å². The Morgan fingerprint density at radius 2 is 2.00 bits per heavy atom. The molecule has 3 nitrogen and oxygen atoms in total. The van der Waals surface area contributed by atoms with E-state index in [2.05, 4.69) is 61.6 Å². The molecule has 1 amide bonds. The van der Waals surface area contributed by atoms with Crippen LogP contribution in [0.15, 0.2) is 24.4 Å². The van der Waals surface area contributed by atoms with Gasteiger partial charge in [0.2, 0.25) is 5.91 Å². The Morgan fingerprint density at radius 1 is 1.21 bits per heavy atom. The van der Waals surface area contributed by atoms with Gasteiger partial charge in [-0.25, -0.2) is 0 Å². The molecule has 3 atom stereocenters. The molecule has 3 unspecified atom stereocenters. The molecule has 29 heavy (non-hydrogen) atoms. The number of hydrogen-bond acceptors (Lipinski definition) is 1. The largest absolute Gasteiger partial charge is 0.347 e. The fraction of sp³-hybridized carbons (Fsp3) is 0.654. The van der Waals surface area contributed by atoms with Gasteiger partial charge in [-0.15, -0.1) is 0 Å². The summed E-state index contributed by atoms with van der Waals surface area (Å²) in [7, 11) is 0. The Bertz CT molecular complexity index is 863. The first-order valence-electron chi connectivity index (χ1n) is 12.0. The standard InChI is InChI=1S/C26H38N2O/c1-5-9-23-18(3)10-8-15-28(23)25(29)16-19(4)22-17-27(6-2)24-12-7-11-21(26(22)24)20-13-14-20/h7,11-12,17-20,23H,5-6,8-10,13-16H2,1-4H3. The van der Waals surface area contributed by atoms with Crippen molar-refractivity contribution in [3.8, 4) is 0 Å². The van der Waals surface area contributed by atoms with Crippen molar-refractivity contribution in [3.63, 3.8) is 0 Å². The van der Waals surface area contributed by atoms with E-state index in [1.807, 2.05) is 0 Å². The molecule has 1 aromatic heterocycles. The molecule has 0 radical (unpaired) electrons. The predicted octanol–water partition coefficient (Wildman–Crippen LogP) is 6.46. The van der Waals surface area contributed by atoms with E-state index in [0.717, 1.165) is 38.3 Å². The van der Waals surface area contributed by atoms with E-state index in [9.17, 15) is 4.79 Å². The third-order valence-corrected chi connectivity index (χ3v) is 7.36. The molecule has 158 valence electrons. The van der Waals surface area contributed by atoms with Gasteiger partial charge in [-0.05, 0) is 74.0 Å². The maximum absolute atomic E-state index is 13.4. The Labute approximate surface area is 176 Å². The van der Waals surface area contributed by atoms with Crippen LogP contribution in [0.1, 0.15) is 95.6 Å². The molecule has 2 fully saturated rings. The summed E-state index contributed by atoms with van der Waals surface area (Å²) >= 11 is 0. The van der Waals surface area contributed by atoms with E-state index in [0.29, 0.717) is 24.3 Å². The second-order valence-electron chi connectivity index (χ2n) is 9.55. The third-order valence-electron chi connectivity index (χ3n) is 7.36. The normalized spacial score (nSPS) is 23.5. The molecule has 1 aliphatic heterocycles. The highest BCUT2D eigenvalue weighted by atomic mass is 16.2. The average molecular weight is 395 g/mol. The molecule has 2 aliphatic rings. The lowest BCUT2D eigenvalue weighted by molar-refractivity contribution is -0.136. The van der Waals surface area contributed by atoms with Crippen molar-refractivity contribution >= 4 is 16.8 Å². The Hall–Kier alpha value is -1.77. The quantitative estimate of drug-likeness (QED) is 0.529. The number of hydrogen-bond donors (Lipinski definition) is 0. The van der Waals surface area contributed by atoms with Crippen molar-refractivity contribution in [2.75, 3.05) is 6.54 Å². The predicted molar refractivity (Wildman–Crippen MR) is 121 cm³/mol. The number of carbonyl (C=O) groups is 1. The van der Waals surface area contributed by atoms with Gasteiger partial charge in [-0.3, -0.25) is 4.79 Å². The van der Waals surface area contributed by atoms with Crippen LogP contribution in [0.5, 0.6) is 0 Å². The molecule has 0 N–H and O–H groups in total. The van der Waals surface area contributed by atoms with Crippen molar-refractivity contribution in [3.05, 3.63) is 35.5 Å². The minimum atomic E-state index is 0.261. The van der Waals surface area contributed by atoms with E-state index in [4.69, 9.17) is 0 Å². The highest BCUT2D eigenvalue weighted by Crippen LogP contribution is 2.45. The van der Waals surface area contributed by atoms with Crippen LogP contribution in [-0.4, -0.2) is 28.0 Å². The van der Waals surface area contributed by atoms with Gasteiger partial charge in [0.15, 0.2) is 0 Å². The first kappa shape index (κ1) is 20.5. The average Bonchev–Trinajstić information content (AvgIpc) is 3.49. The van der Waals surface area contributed by atoms with Crippen molar-refractivity contribution in [1.29, 1.82) is 0 Å². The van der Waals surface area contributed by atoms with Crippen LogP contribution in [-0.2, 0) is 11.3 Å². The summed E-state index contributed by atoms with van der Waals surface area (Å²) < 4.78 is 2.38. The smallest absolute Gasteiger partial charge is 0.223 e. The molecular weight excluding hydrogens is 356 g/mol. The number of carbonyl (C=O) groups excluding carboxylic acids is 1. The van der Waals surface area contributed by atoms with Crippen molar-refractivity contribution in [2.24, 2.45) is 5.92 Å². The zero-order valence-electron chi connectivity index (χ0n) is 18.8. The molecule has 0 spiro atoms. The molecule has 2 heterocycles. The Morgan fingerprint density at radius 3 is 2.69 bits per heavy atom. The van der Waals surface area contributed by atoms with Crippen molar-refractivity contribution < 1.29 is 4.79 Å². The fourth-order valence-corrected chi connectivity index (χ4v) is 5.57. The zero-order chi connectivity index (χ0) is 20.5. The molecule has 1 aromatic carbocycles. The van der Waals surface area contributed by atoms with Crippen molar-refractivity contribution in [1.82, 2.24) is 9.47 Å². The lowest BCUT2D eigenvalue weighted by atomic mass is 9.86. The third kappa shape index (κ3) is 3.98. The summed E-state index contributed by atoms with van der Waals surface area (Å²) in [6.45, 7) is 11.0. The zero-order valence-corrected chi connectivity index (χ0v) is 18.8. The molecule has 3 heteroatoms. The highest BCUT2D eigenvalue weighted by molar-refractivity contribution is 5.89. The number of piperidine rings is 1. The number of rotatable bonds is 7. The monoisotopic (exact) mass is 394 g/mol. The van der Waals surface area contributed by atoms with E-state index < -0.39 is 0 Å². The van der Waals surface area contributed by atoms with Crippen LogP contribution in [0.4, 0.5) is 0 Å². The SMILES string of the molecule is CCCC1C(C)CCCN1C(=O)CC(C)c1cn(CC)c2cccc(C3CC3)c12.